The van der Waals surface area contributed by atoms with Gasteiger partial charge in [-0.25, -0.2) is 13.2 Å². The second-order valence-electron chi connectivity index (χ2n) is 8.48. The van der Waals surface area contributed by atoms with E-state index in [1.807, 2.05) is 13.8 Å². The van der Waals surface area contributed by atoms with Crippen LogP contribution < -0.4 is 4.74 Å². The quantitative estimate of drug-likeness (QED) is 0.113. The fraction of sp³-hybridized carbons (Fsp3) is 0.652. The van der Waals surface area contributed by atoms with E-state index in [9.17, 15) is 31.5 Å². The summed E-state index contributed by atoms with van der Waals surface area (Å²) in [4.78, 5) is 22.9. The van der Waals surface area contributed by atoms with Crippen LogP contribution in [0.2, 0.25) is 0 Å². The summed E-state index contributed by atoms with van der Waals surface area (Å²) < 4.78 is 87.8. The minimum atomic E-state index is -2.33. The molecule has 1 saturated heterocycles. The van der Waals surface area contributed by atoms with E-state index in [1.165, 1.54) is 6.92 Å². The van der Waals surface area contributed by atoms with Gasteiger partial charge in [-0.05, 0) is 24.7 Å². The van der Waals surface area contributed by atoms with Crippen molar-refractivity contribution in [1.82, 2.24) is 0 Å². The van der Waals surface area contributed by atoms with Crippen molar-refractivity contribution >= 4 is 11.9 Å². The second kappa shape index (κ2) is 12.4. The molecule has 2 rings (SSSR count). The lowest BCUT2D eigenvalue weighted by molar-refractivity contribution is -0.255. The zero-order valence-corrected chi connectivity index (χ0v) is 19.5. The summed E-state index contributed by atoms with van der Waals surface area (Å²) >= 11 is 0. The zero-order valence-electron chi connectivity index (χ0n) is 19.5. The first kappa shape index (κ1) is 28.0. The number of ether oxygens (including phenoxy) is 4. The summed E-state index contributed by atoms with van der Waals surface area (Å²) in [5.74, 6) is -13.7. The van der Waals surface area contributed by atoms with E-state index in [0.29, 0.717) is 19.4 Å². The molecule has 5 atom stereocenters. The minimum Gasteiger partial charge on any atom is -0.463 e. The van der Waals surface area contributed by atoms with Crippen LogP contribution in [0.25, 0.3) is 0 Å². The molecule has 2 unspecified atom stereocenters. The van der Waals surface area contributed by atoms with Gasteiger partial charge < -0.3 is 18.9 Å². The molecule has 192 valence electrons. The van der Waals surface area contributed by atoms with E-state index < -0.39 is 53.1 Å². The van der Waals surface area contributed by atoms with Gasteiger partial charge in [-0.15, -0.1) is 0 Å². The van der Waals surface area contributed by atoms with Gasteiger partial charge in [-0.2, -0.15) is 8.78 Å². The lowest BCUT2D eigenvalue weighted by Crippen LogP contribution is -2.47. The third-order valence-electron chi connectivity index (χ3n) is 6.13. The SMILES string of the molecule is CC(=O)OCC1O[C@@H](OCCCCCC(=O)Oc2c(F)c(F)c(F)c(F)c2F)C(C)[C@@H](C)[C@H]1C. The summed E-state index contributed by atoms with van der Waals surface area (Å²) in [5.41, 5.74) is 0. The van der Waals surface area contributed by atoms with Crippen LogP contribution in [0.1, 0.15) is 53.4 Å². The van der Waals surface area contributed by atoms with Gasteiger partial charge in [0.25, 0.3) is 0 Å². The topological polar surface area (TPSA) is 71.1 Å². The minimum absolute atomic E-state index is 0.0971. The number of benzene rings is 1. The van der Waals surface area contributed by atoms with Gasteiger partial charge in [0.1, 0.15) is 6.61 Å². The molecular weight excluding hydrogens is 467 g/mol. The summed E-state index contributed by atoms with van der Waals surface area (Å²) in [7, 11) is 0. The molecule has 6 nitrogen and oxygen atoms in total. The molecule has 0 amide bonds. The number of carbonyl (C=O) groups is 2. The maximum atomic E-state index is 13.6. The van der Waals surface area contributed by atoms with Crippen LogP contribution in [0.4, 0.5) is 22.0 Å². The molecule has 1 heterocycles. The predicted molar refractivity (Wildman–Crippen MR) is 109 cm³/mol. The molecule has 0 bridgehead atoms. The molecule has 1 aliphatic rings. The zero-order chi connectivity index (χ0) is 25.6. The van der Waals surface area contributed by atoms with Crippen LogP contribution >= 0.6 is 0 Å². The standard InChI is InChI=1S/C23H29F5O6/c1-11-12(2)15(10-32-14(4)29)33-23(13(11)3)31-9-7-5-6-8-16(30)34-22-20(27)18(25)17(24)19(26)21(22)28/h11-13,15,23H,5-10H2,1-4H3/t11-,12+,13?,15?,23+/m0/s1. The van der Waals surface area contributed by atoms with E-state index in [0.717, 1.165) is 0 Å². The molecule has 1 aromatic carbocycles. The summed E-state index contributed by atoms with van der Waals surface area (Å²) in [6, 6.07) is 0. The molecule has 0 radical (unpaired) electrons. The Bertz CT molecular complexity index is 851. The van der Waals surface area contributed by atoms with Crippen molar-refractivity contribution in [3.05, 3.63) is 29.1 Å². The van der Waals surface area contributed by atoms with Crippen molar-refractivity contribution in [3.8, 4) is 5.75 Å². The van der Waals surface area contributed by atoms with Crippen LogP contribution in [0.5, 0.6) is 5.75 Å². The van der Waals surface area contributed by atoms with Crippen LogP contribution in [0.15, 0.2) is 0 Å². The van der Waals surface area contributed by atoms with Crippen molar-refractivity contribution in [1.29, 1.82) is 0 Å². The Kier molecular flexibility index (Phi) is 10.2. The third-order valence-corrected chi connectivity index (χ3v) is 6.13. The van der Waals surface area contributed by atoms with Crippen molar-refractivity contribution in [2.45, 2.75) is 65.8 Å². The molecule has 0 aliphatic carbocycles. The summed E-state index contributed by atoms with van der Waals surface area (Å²) in [6.07, 6.45) is 0.190. The number of unbranched alkanes of at least 4 members (excludes halogenated alkanes) is 2. The Morgan fingerprint density at radius 2 is 1.41 bits per heavy atom. The fourth-order valence-electron chi connectivity index (χ4n) is 3.65. The molecule has 0 aromatic heterocycles. The highest BCUT2D eigenvalue weighted by molar-refractivity contribution is 5.72. The van der Waals surface area contributed by atoms with Crippen molar-refractivity contribution in [2.24, 2.45) is 17.8 Å². The van der Waals surface area contributed by atoms with Gasteiger partial charge in [0.15, 0.2) is 6.29 Å². The fourth-order valence-corrected chi connectivity index (χ4v) is 3.65. The van der Waals surface area contributed by atoms with Gasteiger partial charge >= 0.3 is 11.9 Å². The molecule has 1 aliphatic heterocycles. The van der Waals surface area contributed by atoms with E-state index >= 15 is 0 Å². The van der Waals surface area contributed by atoms with Gasteiger partial charge in [0, 0.05) is 25.9 Å². The Morgan fingerprint density at radius 3 is 2.00 bits per heavy atom. The summed E-state index contributed by atoms with van der Waals surface area (Å²) in [6.45, 7) is 7.87. The number of hydrogen-bond acceptors (Lipinski definition) is 6. The lowest BCUT2D eigenvalue weighted by atomic mass is 9.79. The largest absolute Gasteiger partial charge is 0.463 e. The number of esters is 2. The first-order chi connectivity index (χ1) is 16.0. The summed E-state index contributed by atoms with van der Waals surface area (Å²) in [5, 5.41) is 0. The van der Waals surface area contributed by atoms with E-state index in [2.05, 4.69) is 11.7 Å². The molecule has 0 saturated carbocycles. The van der Waals surface area contributed by atoms with E-state index in [1.54, 1.807) is 0 Å². The third kappa shape index (κ3) is 6.88. The second-order valence-corrected chi connectivity index (χ2v) is 8.48. The maximum Gasteiger partial charge on any atom is 0.311 e. The number of carbonyl (C=O) groups excluding carboxylic acids is 2. The van der Waals surface area contributed by atoms with Gasteiger partial charge in [-0.3, -0.25) is 9.59 Å². The van der Waals surface area contributed by atoms with Crippen LogP contribution in [-0.2, 0) is 23.8 Å². The average molecular weight is 496 g/mol. The highest BCUT2D eigenvalue weighted by Crippen LogP contribution is 2.35. The molecule has 1 fully saturated rings. The Balaban J connectivity index is 1.75. The van der Waals surface area contributed by atoms with Crippen molar-refractivity contribution in [2.75, 3.05) is 13.2 Å². The molecule has 0 N–H and O–H groups in total. The highest BCUT2D eigenvalue weighted by Gasteiger charge is 2.40. The molecule has 34 heavy (non-hydrogen) atoms. The maximum absolute atomic E-state index is 13.6. The smallest absolute Gasteiger partial charge is 0.311 e. The van der Waals surface area contributed by atoms with Gasteiger partial charge in [-0.1, -0.05) is 27.2 Å². The predicted octanol–water partition coefficient (Wildman–Crippen LogP) is 5.06. The normalized spacial score (nSPS) is 24.7. The number of rotatable bonds is 10. The van der Waals surface area contributed by atoms with Crippen molar-refractivity contribution < 1.29 is 50.5 Å². The number of hydrogen-bond donors (Lipinski definition) is 0. The van der Waals surface area contributed by atoms with E-state index in [4.69, 9.17) is 14.2 Å². The molecular formula is C23H29F5O6. The Hall–Kier alpha value is -2.27. The number of halogens is 5. The Morgan fingerprint density at radius 1 is 0.824 bits per heavy atom. The molecule has 11 heteroatoms. The molecule has 1 aromatic rings. The monoisotopic (exact) mass is 496 g/mol. The van der Waals surface area contributed by atoms with Crippen LogP contribution in [-0.4, -0.2) is 37.5 Å². The lowest BCUT2D eigenvalue weighted by Gasteiger charge is -2.43. The first-order valence-electron chi connectivity index (χ1n) is 11.1. The highest BCUT2D eigenvalue weighted by atomic mass is 19.2. The first-order valence-corrected chi connectivity index (χ1v) is 11.1. The van der Waals surface area contributed by atoms with E-state index in [-0.39, 0.29) is 43.3 Å². The Labute approximate surface area is 194 Å². The van der Waals surface area contributed by atoms with Gasteiger partial charge in [0.2, 0.25) is 34.8 Å². The van der Waals surface area contributed by atoms with Crippen molar-refractivity contribution in [3.63, 3.8) is 0 Å². The molecule has 0 spiro atoms. The average Bonchev–Trinajstić information content (AvgIpc) is 2.80. The van der Waals surface area contributed by atoms with Gasteiger partial charge in [0.05, 0.1) is 6.10 Å². The van der Waals surface area contributed by atoms with Crippen LogP contribution in [0, 0.1) is 46.8 Å². The van der Waals surface area contributed by atoms with Crippen LogP contribution in [0.3, 0.4) is 0 Å².